The Morgan fingerprint density at radius 1 is 1.19 bits per heavy atom. The molecule has 2 aromatic carbocycles. The van der Waals surface area contributed by atoms with Crippen LogP contribution in [0.3, 0.4) is 0 Å². The SMILES string of the molecule is CC(NC(=O)c1cccc(S(=O)(=O)N2CCOCC2C)c1)c1ccccc1. The van der Waals surface area contributed by atoms with Crippen molar-refractivity contribution in [2.75, 3.05) is 19.8 Å². The second kappa shape index (κ2) is 8.21. The van der Waals surface area contributed by atoms with Gasteiger partial charge in [-0.3, -0.25) is 4.79 Å². The van der Waals surface area contributed by atoms with Gasteiger partial charge in [-0.1, -0.05) is 36.4 Å². The molecule has 0 bridgehead atoms. The number of benzene rings is 2. The molecule has 1 N–H and O–H groups in total. The highest BCUT2D eigenvalue weighted by atomic mass is 32.2. The minimum Gasteiger partial charge on any atom is -0.378 e. The highest BCUT2D eigenvalue weighted by Gasteiger charge is 2.31. The first-order chi connectivity index (χ1) is 12.9. The summed E-state index contributed by atoms with van der Waals surface area (Å²) in [5, 5.41) is 2.91. The first-order valence-corrected chi connectivity index (χ1v) is 10.4. The molecule has 1 fully saturated rings. The second-order valence-corrected chi connectivity index (χ2v) is 8.56. The van der Waals surface area contributed by atoms with Crippen LogP contribution < -0.4 is 5.32 Å². The number of ether oxygens (including phenoxy) is 1. The zero-order valence-electron chi connectivity index (χ0n) is 15.5. The summed E-state index contributed by atoms with van der Waals surface area (Å²) in [6, 6.07) is 15.4. The van der Waals surface area contributed by atoms with Gasteiger partial charge in [-0.2, -0.15) is 4.31 Å². The summed E-state index contributed by atoms with van der Waals surface area (Å²) < 4.78 is 32.7. The number of hydrogen-bond donors (Lipinski definition) is 1. The fourth-order valence-corrected chi connectivity index (χ4v) is 4.75. The predicted octanol–water partition coefficient (Wildman–Crippen LogP) is 2.59. The molecule has 0 spiro atoms. The smallest absolute Gasteiger partial charge is 0.251 e. The van der Waals surface area contributed by atoms with Crippen LogP contribution >= 0.6 is 0 Å². The zero-order chi connectivity index (χ0) is 19.4. The highest BCUT2D eigenvalue weighted by molar-refractivity contribution is 7.89. The van der Waals surface area contributed by atoms with Gasteiger partial charge in [0.2, 0.25) is 10.0 Å². The van der Waals surface area contributed by atoms with E-state index in [1.807, 2.05) is 44.2 Å². The minimum atomic E-state index is -3.67. The van der Waals surface area contributed by atoms with Crippen LogP contribution in [-0.4, -0.2) is 44.4 Å². The lowest BCUT2D eigenvalue weighted by atomic mass is 10.1. The van der Waals surface area contributed by atoms with Gasteiger partial charge in [0, 0.05) is 18.2 Å². The molecule has 27 heavy (non-hydrogen) atoms. The minimum absolute atomic E-state index is 0.122. The van der Waals surface area contributed by atoms with Crippen LogP contribution in [0.4, 0.5) is 0 Å². The molecule has 0 aromatic heterocycles. The van der Waals surface area contributed by atoms with Crippen molar-refractivity contribution in [2.24, 2.45) is 0 Å². The van der Waals surface area contributed by atoms with Gasteiger partial charge in [0.25, 0.3) is 5.91 Å². The van der Waals surface area contributed by atoms with Crippen molar-refractivity contribution >= 4 is 15.9 Å². The molecular formula is C20H24N2O4S. The van der Waals surface area contributed by atoms with Gasteiger partial charge in [0.05, 0.1) is 24.2 Å². The molecule has 6 nitrogen and oxygen atoms in total. The van der Waals surface area contributed by atoms with Crippen LogP contribution in [0.15, 0.2) is 59.5 Å². The maximum Gasteiger partial charge on any atom is 0.251 e. The van der Waals surface area contributed by atoms with E-state index in [1.165, 1.54) is 16.4 Å². The van der Waals surface area contributed by atoms with Crippen LogP contribution in [0, 0.1) is 0 Å². The summed E-state index contributed by atoms with van der Waals surface area (Å²) in [7, 11) is -3.67. The fourth-order valence-electron chi connectivity index (χ4n) is 3.11. The third-order valence-corrected chi connectivity index (χ3v) is 6.67. The Morgan fingerprint density at radius 2 is 1.93 bits per heavy atom. The standard InChI is InChI=1S/C20H24N2O4S/c1-15-14-26-12-11-22(15)27(24,25)19-10-6-9-18(13-19)20(23)21-16(2)17-7-4-3-5-8-17/h3-10,13,15-16H,11-12,14H2,1-2H3,(H,21,23). The van der Waals surface area contributed by atoms with Gasteiger partial charge < -0.3 is 10.1 Å². The molecule has 2 aromatic rings. The lowest BCUT2D eigenvalue weighted by Gasteiger charge is -2.32. The van der Waals surface area contributed by atoms with Crippen molar-refractivity contribution in [3.8, 4) is 0 Å². The summed E-state index contributed by atoms with van der Waals surface area (Å²) in [6.07, 6.45) is 0. The number of hydrogen-bond acceptors (Lipinski definition) is 4. The van der Waals surface area contributed by atoms with Gasteiger partial charge in [0.1, 0.15) is 0 Å². The molecule has 3 rings (SSSR count). The van der Waals surface area contributed by atoms with E-state index in [2.05, 4.69) is 5.32 Å². The summed E-state index contributed by atoms with van der Waals surface area (Å²) in [4.78, 5) is 12.7. The van der Waals surface area contributed by atoms with E-state index < -0.39 is 10.0 Å². The Kier molecular flexibility index (Phi) is 5.94. The van der Waals surface area contributed by atoms with E-state index in [0.29, 0.717) is 25.3 Å². The molecule has 0 radical (unpaired) electrons. The Balaban J connectivity index is 1.79. The van der Waals surface area contributed by atoms with E-state index in [4.69, 9.17) is 4.74 Å². The molecule has 1 aliphatic heterocycles. The van der Waals surface area contributed by atoms with Crippen LogP contribution in [0.1, 0.15) is 35.8 Å². The normalized spacial score (nSPS) is 19.4. The number of sulfonamides is 1. The average molecular weight is 388 g/mol. The monoisotopic (exact) mass is 388 g/mol. The summed E-state index contributed by atoms with van der Waals surface area (Å²) in [5.74, 6) is -0.307. The number of nitrogens with zero attached hydrogens (tertiary/aromatic N) is 1. The van der Waals surface area contributed by atoms with Gasteiger partial charge >= 0.3 is 0 Å². The first kappa shape index (κ1) is 19.5. The number of carbonyl (C=O) groups excluding carboxylic acids is 1. The van der Waals surface area contributed by atoms with Gasteiger partial charge in [-0.15, -0.1) is 0 Å². The van der Waals surface area contributed by atoms with E-state index in [1.54, 1.807) is 12.1 Å². The van der Waals surface area contributed by atoms with Gasteiger partial charge in [-0.25, -0.2) is 8.42 Å². The van der Waals surface area contributed by atoms with Crippen molar-refractivity contribution in [1.29, 1.82) is 0 Å². The number of morpholine rings is 1. The van der Waals surface area contributed by atoms with Crippen molar-refractivity contribution in [2.45, 2.75) is 30.8 Å². The molecule has 1 aliphatic rings. The lowest BCUT2D eigenvalue weighted by Crippen LogP contribution is -2.46. The predicted molar refractivity (Wildman–Crippen MR) is 103 cm³/mol. The third kappa shape index (κ3) is 4.37. The van der Waals surface area contributed by atoms with Crippen LogP contribution in [0.25, 0.3) is 0 Å². The number of amides is 1. The van der Waals surface area contributed by atoms with Crippen molar-refractivity contribution in [3.05, 3.63) is 65.7 Å². The molecular weight excluding hydrogens is 364 g/mol. The number of rotatable bonds is 5. The quantitative estimate of drug-likeness (QED) is 0.854. The maximum atomic E-state index is 13.0. The molecule has 2 unspecified atom stereocenters. The Hall–Kier alpha value is -2.22. The molecule has 1 amide bonds. The molecule has 2 atom stereocenters. The van der Waals surface area contributed by atoms with Crippen molar-refractivity contribution < 1.29 is 17.9 Å². The largest absolute Gasteiger partial charge is 0.378 e. The van der Waals surface area contributed by atoms with Crippen LogP contribution in [0.5, 0.6) is 0 Å². The van der Waals surface area contributed by atoms with E-state index >= 15 is 0 Å². The zero-order valence-corrected chi connectivity index (χ0v) is 16.3. The molecule has 0 saturated carbocycles. The average Bonchev–Trinajstić information content (AvgIpc) is 2.69. The van der Waals surface area contributed by atoms with Crippen molar-refractivity contribution in [1.82, 2.24) is 9.62 Å². The van der Waals surface area contributed by atoms with E-state index in [-0.39, 0.29) is 22.9 Å². The van der Waals surface area contributed by atoms with Gasteiger partial charge in [-0.05, 0) is 37.6 Å². The number of carbonyl (C=O) groups is 1. The molecule has 7 heteroatoms. The van der Waals surface area contributed by atoms with Gasteiger partial charge in [0.15, 0.2) is 0 Å². The topological polar surface area (TPSA) is 75.7 Å². The van der Waals surface area contributed by atoms with E-state index in [9.17, 15) is 13.2 Å². The summed E-state index contributed by atoms with van der Waals surface area (Å²) >= 11 is 0. The van der Waals surface area contributed by atoms with Crippen LogP contribution in [-0.2, 0) is 14.8 Å². The second-order valence-electron chi connectivity index (χ2n) is 6.67. The summed E-state index contributed by atoms with van der Waals surface area (Å²) in [5.41, 5.74) is 1.30. The Labute approximate surface area is 160 Å². The molecule has 1 heterocycles. The lowest BCUT2D eigenvalue weighted by molar-refractivity contribution is 0.0392. The number of nitrogens with one attached hydrogen (secondary N) is 1. The van der Waals surface area contributed by atoms with Crippen LogP contribution in [0.2, 0.25) is 0 Å². The fraction of sp³-hybridized carbons (Fsp3) is 0.350. The van der Waals surface area contributed by atoms with E-state index in [0.717, 1.165) is 5.56 Å². The Bertz CT molecular complexity index is 899. The molecule has 144 valence electrons. The summed E-state index contributed by atoms with van der Waals surface area (Å²) in [6.45, 7) is 4.76. The molecule has 0 aliphatic carbocycles. The highest BCUT2D eigenvalue weighted by Crippen LogP contribution is 2.22. The third-order valence-electron chi connectivity index (χ3n) is 4.66. The van der Waals surface area contributed by atoms with Crippen molar-refractivity contribution in [3.63, 3.8) is 0 Å². The maximum absolute atomic E-state index is 13.0. The molecule has 1 saturated heterocycles. The Morgan fingerprint density at radius 3 is 2.63 bits per heavy atom. The first-order valence-electron chi connectivity index (χ1n) is 8.95.